The molecule has 3 rings (SSSR count). The number of anilines is 1. The van der Waals surface area contributed by atoms with E-state index in [4.69, 9.17) is 4.74 Å². The van der Waals surface area contributed by atoms with Gasteiger partial charge in [0.2, 0.25) is 0 Å². The van der Waals surface area contributed by atoms with Crippen LogP contribution in [0.4, 0.5) is 5.69 Å². The summed E-state index contributed by atoms with van der Waals surface area (Å²) in [4.78, 5) is 27.8. The molecule has 2 atom stereocenters. The van der Waals surface area contributed by atoms with Crippen LogP contribution in [0.2, 0.25) is 0 Å². The van der Waals surface area contributed by atoms with Gasteiger partial charge in [-0.1, -0.05) is 40.2 Å². The summed E-state index contributed by atoms with van der Waals surface area (Å²) >= 11 is 3.37. The number of benzene rings is 3. The van der Waals surface area contributed by atoms with Crippen LogP contribution >= 0.6 is 15.9 Å². The average molecular weight is 598 g/mol. The summed E-state index contributed by atoms with van der Waals surface area (Å²) in [6, 6.07) is 19.3. The SMILES string of the molecule is COc1cccc(/C=N/NC(=O)c2cc(Br)ccc2NC(=O)c2ccc(CN(CC(C)O)CC(C)O)cc2)c1. The van der Waals surface area contributed by atoms with Gasteiger partial charge >= 0.3 is 0 Å². The fraction of sp³-hybridized carbons (Fsp3) is 0.276. The number of carbonyl (C=O) groups excluding carboxylic acids is 2. The van der Waals surface area contributed by atoms with Crippen molar-refractivity contribution in [3.8, 4) is 5.75 Å². The molecule has 10 heteroatoms. The van der Waals surface area contributed by atoms with Gasteiger partial charge in [-0.05, 0) is 67.4 Å². The Morgan fingerprint density at radius 1 is 1.00 bits per heavy atom. The summed E-state index contributed by atoms with van der Waals surface area (Å²) in [5.41, 5.74) is 5.17. The second kappa shape index (κ2) is 14.5. The molecule has 0 heterocycles. The summed E-state index contributed by atoms with van der Waals surface area (Å²) in [6.07, 6.45) is 0.444. The lowest BCUT2D eigenvalue weighted by Gasteiger charge is -2.25. The molecular formula is C29H33BrN4O5. The Morgan fingerprint density at radius 3 is 2.33 bits per heavy atom. The minimum absolute atomic E-state index is 0.240. The van der Waals surface area contributed by atoms with Gasteiger partial charge in [-0.25, -0.2) is 5.43 Å². The van der Waals surface area contributed by atoms with Crippen molar-refractivity contribution in [3.63, 3.8) is 0 Å². The van der Waals surface area contributed by atoms with Crippen molar-refractivity contribution in [1.82, 2.24) is 10.3 Å². The molecule has 206 valence electrons. The second-order valence-corrected chi connectivity index (χ2v) is 10.1. The van der Waals surface area contributed by atoms with Crippen LogP contribution in [0.1, 0.15) is 45.7 Å². The minimum Gasteiger partial charge on any atom is -0.497 e. The fourth-order valence-corrected chi connectivity index (χ4v) is 4.29. The number of nitrogens with zero attached hydrogens (tertiary/aromatic N) is 2. The maximum atomic E-state index is 13.0. The van der Waals surface area contributed by atoms with Gasteiger partial charge in [-0.2, -0.15) is 5.10 Å². The number of hydrazone groups is 1. The molecule has 0 radical (unpaired) electrons. The Hall–Kier alpha value is -3.57. The lowest BCUT2D eigenvalue weighted by Crippen LogP contribution is -2.35. The number of aliphatic hydroxyl groups is 2. The standard InChI is InChI=1S/C29H33BrN4O5/c1-19(35)16-34(17-20(2)36)18-21-7-9-23(10-8-21)28(37)32-27-12-11-24(30)14-26(27)29(38)33-31-15-22-5-4-6-25(13-22)39-3/h4-15,19-20,35-36H,16-18H2,1-3H3,(H,32,37)(H,33,38)/b31-15+. The topological polar surface area (TPSA) is 123 Å². The molecule has 0 bridgehead atoms. The minimum atomic E-state index is -0.529. The van der Waals surface area contributed by atoms with Crippen LogP contribution in [0.15, 0.2) is 76.3 Å². The molecule has 0 aliphatic carbocycles. The highest BCUT2D eigenvalue weighted by Crippen LogP contribution is 2.22. The molecule has 2 amide bonds. The molecule has 0 saturated carbocycles. The molecule has 3 aromatic carbocycles. The molecule has 3 aromatic rings. The normalized spacial score (nSPS) is 12.8. The summed E-state index contributed by atoms with van der Waals surface area (Å²) in [5, 5.41) is 26.3. The van der Waals surface area contributed by atoms with Crippen molar-refractivity contribution >= 4 is 39.6 Å². The van der Waals surface area contributed by atoms with E-state index < -0.39 is 18.1 Å². The van der Waals surface area contributed by atoms with Crippen molar-refractivity contribution in [2.45, 2.75) is 32.6 Å². The highest BCUT2D eigenvalue weighted by atomic mass is 79.9. The molecule has 0 fully saturated rings. The number of rotatable bonds is 12. The van der Waals surface area contributed by atoms with Gasteiger partial charge in [-0.3, -0.25) is 14.5 Å². The van der Waals surface area contributed by atoms with Crippen molar-refractivity contribution in [2.24, 2.45) is 5.10 Å². The highest BCUT2D eigenvalue weighted by molar-refractivity contribution is 9.10. The predicted molar refractivity (Wildman–Crippen MR) is 155 cm³/mol. The lowest BCUT2D eigenvalue weighted by atomic mass is 10.1. The van der Waals surface area contributed by atoms with Gasteiger partial charge in [-0.15, -0.1) is 0 Å². The molecule has 0 saturated heterocycles. The van der Waals surface area contributed by atoms with E-state index in [0.717, 1.165) is 11.1 Å². The molecule has 39 heavy (non-hydrogen) atoms. The molecule has 0 aliphatic heterocycles. The third kappa shape index (κ3) is 9.60. The summed E-state index contributed by atoms with van der Waals surface area (Å²) in [7, 11) is 1.57. The molecule has 0 aromatic heterocycles. The second-order valence-electron chi connectivity index (χ2n) is 9.21. The Morgan fingerprint density at radius 2 is 1.69 bits per heavy atom. The van der Waals surface area contributed by atoms with E-state index in [0.29, 0.717) is 41.1 Å². The van der Waals surface area contributed by atoms with Crippen molar-refractivity contribution in [2.75, 3.05) is 25.5 Å². The first-order chi connectivity index (χ1) is 18.6. The first-order valence-electron chi connectivity index (χ1n) is 12.4. The molecule has 2 unspecified atom stereocenters. The van der Waals surface area contributed by atoms with Gasteiger partial charge in [0, 0.05) is 29.7 Å². The zero-order valence-corrected chi connectivity index (χ0v) is 23.7. The first kappa shape index (κ1) is 30.0. The monoisotopic (exact) mass is 596 g/mol. The maximum Gasteiger partial charge on any atom is 0.273 e. The van der Waals surface area contributed by atoms with E-state index in [1.54, 1.807) is 57.4 Å². The number of aliphatic hydroxyl groups excluding tert-OH is 2. The first-order valence-corrected chi connectivity index (χ1v) is 13.2. The highest BCUT2D eigenvalue weighted by Gasteiger charge is 2.16. The van der Waals surface area contributed by atoms with E-state index >= 15 is 0 Å². The Labute approximate surface area is 236 Å². The number of amides is 2. The summed E-state index contributed by atoms with van der Waals surface area (Å²) in [5.74, 6) is -0.188. The van der Waals surface area contributed by atoms with Crippen molar-refractivity contribution in [3.05, 3.63) is 93.5 Å². The number of carbonyl (C=O) groups is 2. The van der Waals surface area contributed by atoms with Gasteiger partial charge in [0.25, 0.3) is 11.8 Å². The number of hydrogen-bond acceptors (Lipinski definition) is 7. The quantitative estimate of drug-likeness (QED) is 0.185. The van der Waals surface area contributed by atoms with Crippen LogP contribution in [0, 0.1) is 0 Å². The maximum absolute atomic E-state index is 13.0. The number of nitrogens with one attached hydrogen (secondary N) is 2. The molecule has 0 spiro atoms. The van der Waals surface area contributed by atoms with E-state index in [-0.39, 0.29) is 11.5 Å². The van der Waals surface area contributed by atoms with Crippen LogP contribution in [0.3, 0.4) is 0 Å². The zero-order valence-electron chi connectivity index (χ0n) is 22.1. The molecule has 0 aliphatic rings. The van der Waals surface area contributed by atoms with E-state index in [9.17, 15) is 19.8 Å². The van der Waals surface area contributed by atoms with E-state index in [2.05, 4.69) is 31.8 Å². The molecular weight excluding hydrogens is 564 g/mol. The molecule has 4 N–H and O–H groups in total. The number of hydrogen-bond donors (Lipinski definition) is 4. The van der Waals surface area contributed by atoms with Crippen LogP contribution in [-0.2, 0) is 6.54 Å². The zero-order chi connectivity index (χ0) is 28.4. The van der Waals surface area contributed by atoms with Crippen LogP contribution in [0.5, 0.6) is 5.75 Å². The third-order valence-electron chi connectivity index (χ3n) is 5.62. The number of halogens is 1. The number of methoxy groups -OCH3 is 1. The fourth-order valence-electron chi connectivity index (χ4n) is 3.93. The van der Waals surface area contributed by atoms with Gasteiger partial charge in [0.05, 0.1) is 36.8 Å². The number of ether oxygens (including phenoxy) is 1. The largest absolute Gasteiger partial charge is 0.497 e. The van der Waals surface area contributed by atoms with E-state index in [1.165, 1.54) is 6.21 Å². The van der Waals surface area contributed by atoms with Gasteiger partial charge in [0.1, 0.15) is 5.75 Å². The van der Waals surface area contributed by atoms with Crippen molar-refractivity contribution in [1.29, 1.82) is 0 Å². The van der Waals surface area contributed by atoms with Gasteiger partial charge < -0.3 is 20.3 Å². The molecule has 9 nitrogen and oxygen atoms in total. The Bertz CT molecular complexity index is 1290. The summed E-state index contributed by atoms with van der Waals surface area (Å²) in [6.45, 7) is 4.76. The van der Waals surface area contributed by atoms with Crippen molar-refractivity contribution < 1.29 is 24.5 Å². The van der Waals surface area contributed by atoms with Crippen LogP contribution in [0.25, 0.3) is 0 Å². The van der Waals surface area contributed by atoms with Crippen LogP contribution < -0.4 is 15.5 Å². The third-order valence-corrected chi connectivity index (χ3v) is 6.11. The predicted octanol–water partition coefficient (Wildman–Crippen LogP) is 4.04. The Kier molecular flexibility index (Phi) is 11.2. The van der Waals surface area contributed by atoms with Crippen LogP contribution in [-0.4, -0.2) is 65.5 Å². The smallest absolute Gasteiger partial charge is 0.273 e. The Balaban J connectivity index is 1.68. The van der Waals surface area contributed by atoms with E-state index in [1.807, 2.05) is 35.2 Å². The average Bonchev–Trinajstić information content (AvgIpc) is 2.89. The lowest BCUT2D eigenvalue weighted by molar-refractivity contribution is 0.0794. The summed E-state index contributed by atoms with van der Waals surface area (Å²) < 4.78 is 5.86. The van der Waals surface area contributed by atoms with Gasteiger partial charge in [0.15, 0.2) is 0 Å².